The summed E-state index contributed by atoms with van der Waals surface area (Å²) in [6.07, 6.45) is 1.15. The van der Waals surface area contributed by atoms with Crippen LogP contribution in [0.3, 0.4) is 0 Å². The number of methoxy groups -OCH3 is 1. The summed E-state index contributed by atoms with van der Waals surface area (Å²) in [4.78, 5) is 11.9. The zero-order valence-corrected chi connectivity index (χ0v) is 14.3. The smallest absolute Gasteiger partial charge is 0.309 e. The summed E-state index contributed by atoms with van der Waals surface area (Å²) in [5.41, 5.74) is 1.09. The highest BCUT2D eigenvalue weighted by molar-refractivity contribution is 5.78. The molecule has 0 spiro atoms. The van der Waals surface area contributed by atoms with E-state index in [-0.39, 0.29) is 23.6 Å². The molecule has 2 atom stereocenters. The number of hydrogen-bond donors (Lipinski definition) is 0. The van der Waals surface area contributed by atoms with E-state index < -0.39 is 5.79 Å². The third-order valence-corrected chi connectivity index (χ3v) is 4.73. The second kappa shape index (κ2) is 6.69. The molecule has 5 nitrogen and oxygen atoms in total. The summed E-state index contributed by atoms with van der Waals surface area (Å²) < 4.78 is 36.7. The Bertz CT molecular complexity index is 624. The van der Waals surface area contributed by atoms with Gasteiger partial charge in [-0.15, -0.1) is 0 Å². The monoisotopic (exact) mass is 338 g/mol. The van der Waals surface area contributed by atoms with Gasteiger partial charge >= 0.3 is 5.97 Å². The lowest BCUT2D eigenvalue weighted by Crippen LogP contribution is -2.27. The van der Waals surface area contributed by atoms with Gasteiger partial charge in [0.05, 0.1) is 38.4 Å². The van der Waals surface area contributed by atoms with Crippen molar-refractivity contribution in [3.8, 4) is 5.75 Å². The van der Waals surface area contributed by atoms with Crippen LogP contribution in [-0.4, -0.2) is 32.9 Å². The van der Waals surface area contributed by atoms with E-state index in [0.29, 0.717) is 49.5 Å². The minimum absolute atomic E-state index is 0.228. The van der Waals surface area contributed by atoms with Gasteiger partial charge in [0.1, 0.15) is 11.6 Å². The lowest BCUT2D eigenvalue weighted by molar-refractivity contribution is -0.168. The van der Waals surface area contributed by atoms with Crippen molar-refractivity contribution >= 4 is 5.97 Å². The van der Waals surface area contributed by atoms with Crippen LogP contribution in [-0.2, 0) is 24.8 Å². The highest BCUT2D eigenvalue weighted by Gasteiger charge is 2.50. The number of esters is 1. The first-order valence-electron chi connectivity index (χ1n) is 8.39. The first-order chi connectivity index (χ1) is 11.6. The maximum Gasteiger partial charge on any atom is 0.309 e. The fourth-order valence-corrected chi connectivity index (χ4v) is 3.47. The molecule has 0 N–H and O–H groups in total. The van der Waals surface area contributed by atoms with Gasteiger partial charge in [0.25, 0.3) is 0 Å². The number of halogens is 1. The lowest BCUT2D eigenvalue weighted by atomic mass is 9.96. The molecule has 24 heavy (non-hydrogen) atoms. The van der Waals surface area contributed by atoms with Crippen LogP contribution in [0.5, 0.6) is 5.75 Å². The third kappa shape index (κ3) is 2.78. The number of ether oxygens (including phenoxy) is 4. The number of carbonyl (C=O) groups is 1. The molecule has 1 aliphatic carbocycles. The van der Waals surface area contributed by atoms with Gasteiger partial charge in [0.2, 0.25) is 0 Å². The largest absolute Gasteiger partial charge is 0.496 e. The molecule has 1 saturated carbocycles. The van der Waals surface area contributed by atoms with E-state index in [2.05, 4.69) is 0 Å². The van der Waals surface area contributed by atoms with Crippen LogP contribution in [0.1, 0.15) is 43.7 Å². The number of hydrogen-bond acceptors (Lipinski definition) is 5. The van der Waals surface area contributed by atoms with Crippen molar-refractivity contribution in [1.82, 2.24) is 0 Å². The summed E-state index contributed by atoms with van der Waals surface area (Å²) >= 11 is 0. The summed E-state index contributed by atoms with van der Waals surface area (Å²) in [5, 5.41) is 0. The molecule has 2 aliphatic rings. The van der Waals surface area contributed by atoms with Crippen LogP contribution in [0.15, 0.2) is 12.1 Å². The molecule has 1 aliphatic heterocycles. The molecule has 0 amide bonds. The average Bonchev–Trinajstić information content (AvgIpc) is 3.22. The Labute approximate surface area is 141 Å². The highest BCUT2D eigenvalue weighted by Crippen LogP contribution is 2.54. The molecule has 0 radical (unpaired) electrons. The second-order valence-electron chi connectivity index (χ2n) is 6.05. The van der Waals surface area contributed by atoms with Crippen molar-refractivity contribution in [1.29, 1.82) is 0 Å². The van der Waals surface area contributed by atoms with Crippen LogP contribution in [0, 0.1) is 11.7 Å². The standard InChI is InChI=1S/C18H23FO5/c1-4-18(23-8-9-24-18)13-6-7-14(19)15(16(13)21-3)11-10-12(11)17(20)22-5-2/h6-7,11-12H,4-5,8-10H2,1-3H3/t11-,12+/m0/s1. The van der Waals surface area contributed by atoms with E-state index in [1.807, 2.05) is 6.92 Å². The van der Waals surface area contributed by atoms with Crippen molar-refractivity contribution in [2.24, 2.45) is 5.92 Å². The molecular formula is C18H23FO5. The molecule has 3 rings (SSSR count). The number of rotatable bonds is 6. The van der Waals surface area contributed by atoms with Gasteiger partial charge in [-0.05, 0) is 25.5 Å². The Morgan fingerprint density at radius 1 is 1.33 bits per heavy atom. The van der Waals surface area contributed by atoms with Crippen molar-refractivity contribution in [2.45, 2.75) is 38.4 Å². The lowest BCUT2D eigenvalue weighted by Gasteiger charge is -2.29. The van der Waals surface area contributed by atoms with Gasteiger partial charge in [-0.2, -0.15) is 0 Å². The molecule has 0 unspecified atom stereocenters. The molecule has 6 heteroatoms. The van der Waals surface area contributed by atoms with Crippen LogP contribution in [0.2, 0.25) is 0 Å². The van der Waals surface area contributed by atoms with Crippen LogP contribution < -0.4 is 4.74 Å². The first kappa shape index (κ1) is 17.2. The third-order valence-electron chi connectivity index (χ3n) is 4.73. The van der Waals surface area contributed by atoms with E-state index >= 15 is 0 Å². The SMILES string of the molecule is CCOC(=O)[C@@H]1C[C@@H]1c1c(F)ccc(C2(CC)OCCO2)c1OC. The molecule has 132 valence electrons. The second-order valence-corrected chi connectivity index (χ2v) is 6.05. The molecule has 1 aromatic carbocycles. The highest BCUT2D eigenvalue weighted by atomic mass is 19.1. The van der Waals surface area contributed by atoms with Crippen molar-refractivity contribution in [3.05, 3.63) is 29.1 Å². The van der Waals surface area contributed by atoms with E-state index in [4.69, 9.17) is 18.9 Å². The summed E-state index contributed by atoms with van der Waals surface area (Å²) in [5.74, 6) is -1.71. The van der Waals surface area contributed by atoms with Gasteiger partial charge in [-0.3, -0.25) is 4.79 Å². The van der Waals surface area contributed by atoms with Crippen LogP contribution in [0.25, 0.3) is 0 Å². The average molecular weight is 338 g/mol. The Kier molecular flexibility index (Phi) is 4.78. The summed E-state index contributed by atoms with van der Waals surface area (Å²) in [6, 6.07) is 3.05. The van der Waals surface area contributed by atoms with Gasteiger partial charge in [-0.25, -0.2) is 4.39 Å². The van der Waals surface area contributed by atoms with Gasteiger partial charge in [0.15, 0.2) is 5.79 Å². The van der Waals surface area contributed by atoms with E-state index in [1.165, 1.54) is 13.2 Å². The maximum atomic E-state index is 14.5. The topological polar surface area (TPSA) is 54.0 Å². The van der Waals surface area contributed by atoms with Gasteiger partial charge in [0, 0.05) is 17.9 Å². The van der Waals surface area contributed by atoms with E-state index in [1.54, 1.807) is 13.0 Å². The van der Waals surface area contributed by atoms with Crippen LogP contribution in [0.4, 0.5) is 4.39 Å². The Morgan fingerprint density at radius 3 is 2.62 bits per heavy atom. The Morgan fingerprint density at radius 2 is 2.04 bits per heavy atom. The quantitative estimate of drug-likeness (QED) is 0.746. The van der Waals surface area contributed by atoms with Crippen molar-refractivity contribution < 1.29 is 28.1 Å². The Balaban J connectivity index is 1.98. The zero-order chi connectivity index (χ0) is 17.3. The predicted molar refractivity (Wildman–Crippen MR) is 84.3 cm³/mol. The maximum absolute atomic E-state index is 14.5. The summed E-state index contributed by atoms with van der Waals surface area (Å²) in [6.45, 7) is 5.00. The predicted octanol–water partition coefficient (Wildman–Crippen LogP) is 3.11. The molecule has 2 fully saturated rings. The van der Waals surface area contributed by atoms with Gasteiger partial charge < -0.3 is 18.9 Å². The molecule has 1 heterocycles. The molecule has 0 bridgehead atoms. The molecule has 1 saturated heterocycles. The zero-order valence-electron chi connectivity index (χ0n) is 14.3. The molecule has 1 aromatic rings. The normalized spacial score (nSPS) is 24.7. The fraction of sp³-hybridized carbons (Fsp3) is 0.611. The fourth-order valence-electron chi connectivity index (χ4n) is 3.47. The van der Waals surface area contributed by atoms with Crippen LogP contribution >= 0.6 is 0 Å². The summed E-state index contributed by atoms with van der Waals surface area (Å²) in [7, 11) is 1.50. The number of benzene rings is 1. The first-order valence-corrected chi connectivity index (χ1v) is 8.39. The molecule has 0 aromatic heterocycles. The molecular weight excluding hydrogens is 315 g/mol. The Hall–Kier alpha value is -1.66. The minimum atomic E-state index is -0.915. The minimum Gasteiger partial charge on any atom is -0.496 e. The van der Waals surface area contributed by atoms with Crippen molar-refractivity contribution in [3.63, 3.8) is 0 Å². The van der Waals surface area contributed by atoms with E-state index in [0.717, 1.165) is 0 Å². The van der Waals surface area contributed by atoms with Gasteiger partial charge in [-0.1, -0.05) is 6.92 Å². The number of carbonyl (C=O) groups excluding carboxylic acids is 1. The van der Waals surface area contributed by atoms with Crippen molar-refractivity contribution in [2.75, 3.05) is 26.9 Å². The van der Waals surface area contributed by atoms with E-state index in [9.17, 15) is 9.18 Å².